The Morgan fingerprint density at radius 2 is 2.06 bits per heavy atom. The van der Waals surface area contributed by atoms with E-state index in [1.54, 1.807) is 18.2 Å². The second kappa shape index (κ2) is 10.8. The number of carbonyl (C=O) groups is 2. The number of fused-ring (bicyclic) bond motifs is 1. The molecule has 0 fully saturated rings. The zero-order valence-electron chi connectivity index (χ0n) is 18.3. The van der Waals surface area contributed by atoms with Crippen LogP contribution in [0.25, 0.3) is 6.08 Å². The molecule has 1 aromatic carbocycles. The van der Waals surface area contributed by atoms with Crippen LogP contribution in [-0.2, 0) is 17.6 Å². The van der Waals surface area contributed by atoms with Crippen molar-refractivity contribution in [2.45, 2.75) is 45.4 Å². The van der Waals surface area contributed by atoms with E-state index in [1.165, 1.54) is 24.5 Å². The number of amides is 2. The standard InChI is InChI=1S/C24H27N3O4S/c1-3-4-11-31-18-10-9-15(13-19(18)30-2)12-16(14-25)23(29)27-24-21(22(26)28)17-7-5-6-8-20(17)32-24/h9-10,12-13H,3-8,11H2,1-2H3,(H2,26,28)(H,27,29)/b16-12+. The molecule has 0 saturated heterocycles. The van der Waals surface area contributed by atoms with Crippen LogP contribution in [0.3, 0.4) is 0 Å². The number of anilines is 1. The van der Waals surface area contributed by atoms with E-state index in [2.05, 4.69) is 12.2 Å². The van der Waals surface area contributed by atoms with Gasteiger partial charge in [-0.2, -0.15) is 5.26 Å². The highest BCUT2D eigenvalue weighted by molar-refractivity contribution is 7.17. The quantitative estimate of drug-likeness (QED) is 0.330. The Bertz CT molecular complexity index is 1080. The van der Waals surface area contributed by atoms with Gasteiger partial charge in [-0.15, -0.1) is 11.3 Å². The molecule has 1 aliphatic rings. The highest BCUT2D eigenvalue weighted by Crippen LogP contribution is 2.38. The molecular formula is C24H27N3O4S. The number of carbonyl (C=O) groups excluding carboxylic acids is 2. The molecule has 0 spiro atoms. The fourth-order valence-electron chi connectivity index (χ4n) is 3.62. The Labute approximate surface area is 191 Å². The van der Waals surface area contributed by atoms with Crippen molar-refractivity contribution in [3.05, 3.63) is 45.3 Å². The SMILES string of the molecule is CCCCOc1ccc(/C=C(\C#N)C(=O)Nc2sc3c(c2C(N)=O)CCCC3)cc1OC. The van der Waals surface area contributed by atoms with Crippen LogP contribution in [-0.4, -0.2) is 25.5 Å². The Kier molecular flexibility index (Phi) is 7.90. The number of hydrogen-bond donors (Lipinski definition) is 2. The highest BCUT2D eigenvalue weighted by atomic mass is 32.1. The van der Waals surface area contributed by atoms with Gasteiger partial charge in [0.1, 0.15) is 16.6 Å². The minimum atomic E-state index is -0.587. The molecule has 0 radical (unpaired) electrons. The molecule has 2 aromatic rings. The lowest BCUT2D eigenvalue weighted by molar-refractivity contribution is -0.112. The van der Waals surface area contributed by atoms with Crippen molar-refractivity contribution in [2.24, 2.45) is 5.73 Å². The monoisotopic (exact) mass is 453 g/mol. The molecule has 3 N–H and O–H groups in total. The van der Waals surface area contributed by atoms with Crippen LogP contribution < -0.4 is 20.5 Å². The number of thiophene rings is 1. The van der Waals surface area contributed by atoms with Gasteiger partial charge >= 0.3 is 0 Å². The Morgan fingerprint density at radius 3 is 2.75 bits per heavy atom. The van der Waals surface area contributed by atoms with Gasteiger partial charge in [0.25, 0.3) is 11.8 Å². The van der Waals surface area contributed by atoms with E-state index in [4.69, 9.17) is 15.2 Å². The van der Waals surface area contributed by atoms with Gasteiger partial charge in [-0.3, -0.25) is 9.59 Å². The number of benzene rings is 1. The lowest BCUT2D eigenvalue weighted by atomic mass is 9.95. The second-order valence-corrected chi connectivity index (χ2v) is 8.62. The first kappa shape index (κ1) is 23.4. The first-order valence-electron chi connectivity index (χ1n) is 10.7. The molecule has 0 aliphatic heterocycles. The largest absolute Gasteiger partial charge is 0.493 e. The van der Waals surface area contributed by atoms with Crippen LogP contribution in [0.1, 0.15) is 59.0 Å². The summed E-state index contributed by atoms with van der Waals surface area (Å²) in [5.74, 6) is -0.0211. The van der Waals surface area contributed by atoms with E-state index in [0.29, 0.717) is 34.2 Å². The summed E-state index contributed by atoms with van der Waals surface area (Å²) in [6.07, 6.45) is 7.10. The number of nitriles is 1. The van der Waals surface area contributed by atoms with Crippen LogP contribution in [0.5, 0.6) is 11.5 Å². The van der Waals surface area contributed by atoms with Crippen LogP contribution in [0, 0.1) is 11.3 Å². The molecule has 7 nitrogen and oxygen atoms in total. The topological polar surface area (TPSA) is 114 Å². The number of nitrogens with two attached hydrogens (primary N) is 1. The minimum Gasteiger partial charge on any atom is -0.493 e. The molecule has 0 unspecified atom stereocenters. The number of hydrogen-bond acceptors (Lipinski definition) is 6. The predicted molar refractivity (Wildman–Crippen MR) is 125 cm³/mol. The molecule has 3 rings (SSSR count). The molecule has 168 valence electrons. The van der Waals surface area contributed by atoms with Gasteiger partial charge in [0.2, 0.25) is 0 Å². The summed E-state index contributed by atoms with van der Waals surface area (Å²) in [5, 5.41) is 12.7. The smallest absolute Gasteiger partial charge is 0.266 e. The lowest BCUT2D eigenvalue weighted by Crippen LogP contribution is -2.19. The third-order valence-corrected chi connectivity index (χ3v) is 6.47. The summed E-state index contributed by atoms with van der Waals surface area (Å²) in [6, 6.07) is 7.17. The van der Waals surface area contributed by atoms with E-state index >= 15 is 0 Å². The van der Waals surface area contributed by atoms with Crippen molar-refractivity contribution in [3.8, 4) is 17.6 Å². The predicted octanol–water partition coefficient (Wildman–Crippen LogP) is 4.46. The fraction of sp³-hybridized carbons (Fsp3) is 0.375. The minimum absolute atomic E-state index is 0.0894. The first-order chi connectivity index (χ1) is 15.5. The van der Waals surface area contributed by atoms with Gasteiger partial charge < -0.3 is 20.5 Å². The van der Waals surface area contributed by atoms with Gasteiger partial charge in [-0.25, -0.2) is 0 Å². The van der Waals surface area contributed by atoms with Crippen molar-refractivity contribution in [3.63, 3.8) is 0 Å². The number of rotatable bonds is 9. The van der Waals surface area contributed by atoms with Crippen LogP contribution in [0.15, 0.2) is 23.8 Å². The van der Waals surface area contributed by atoms with Crippen LogP contribution in [0.4, 0.5) is 5.00 Å². The zero-order valence-corrected chi connectivity index (χ0v) is 19.1. The van der Waals surface area contributed by atoms with Crippen molar-refractivity contribution in [1.82, 2.24) is 0 Å². The summed E-state index contributed by atoms with van der Waals surface area (Å²) >= 11 is 1.36. The molecule has 1 aliphatic carbocycles. The molecule has 0 saturated carbocycles. The molecule has 0 atom stereocenters. The lowest BCUT2D eigenvalue weighted by Gasteiger charge is -2.11. The fourth-order valence-corrected chi connectivity index (χ4v) is 4.91. The van der Waals surface area contributed by atoms with E-state index in [-0.39, 0.29) is 5.57 Å². The summed E-state index contributed by atoms with van der Waals surface area (Å²) in [5.41, 5.74) is 7.42. The van der Waals surface area contributed by atoms with Crippen LogP contribution in [0.2, 0.25) is 0 Å². The summed E-state index contributed by atoms with van der Waals surface area (Å²) < 4.78 is 11.1. The molecule has 2 amide bonds. The van der Waals surface area contributed by atoms with Gasteiger partial charge in [-0.05, 0) is 61.4 Å². The second-order valence-electron chi connectivity index (χ2n) is 7.52. The maximum Gasteiger partial charge on any atom is 0.266 e. The molecule has 1 heterocycles. The normalized spacial score (nSPS) is 13.1. The third-order valence-electron chi connectivity index (χ3n) is 5.26. The average Bonchev–Trinajstić information content (AvgIpc) is 3.16. The summed E-state index contributed by atoms with van der Waals surface area (Å²) in [7, 11) is 1.54. The Balaban J connectivity index is 1.83. The van der Waals surface area contributed by atoms with Gasteiger partial charge in [0.15, 0.2) is 11.5 Å². The summed E-state index contributed by atoms with van der Waals surface area (Å²) in [4.78, 5) is 25.9. The number of aryl methyl sites for hydroxylation is 1. The molecule has 1 aromatic heterocycles. The molecular weight excluding hydrogens is 426 g/mol. The molecule has 0 bridgehead atoms. The summed E-state index contributed by atoms with van der Waals surface area (Å²) in [6.45, 7) is 2.67. The highest BCUT2D eigenvalue weighted by Gasteiger charge is 2.25. The first-order valence-corrected chi connectivity index (χ1v) is 11.5. The van der Waals surface area contributed by atoms with E-state index in [1.807, 2.05) is 6.07 Å². The third kappa shape index (κ3) is 5.29. The van der Waals surface area contributed by atoms with Crippen LogP contribution >= 0.6 is 11.3 Å². The van der Waals surface area contributed by atoms with E-state index < -0.39 is 11.8 Å². The number of nitrogens with one attached hydrogen (secondary N) is 1. The molecule has 32 heavy (non-hydrogen) atoms. The number of ether oxygens (including phenoxy) is 2. The van der Waals surface area contributed by atoms with Crippen molar-refractivity contribution < 1.29 is 19.1 Å². The van der Waals surface area contributed by atoms with Crippen molar-refractivity contribution in [2.75, 3.05) is 19.0 Å². The van der Waals surface area contributed by atoms with E-state index in [9.17, 15) is 14.9 Å². The number of primary amides is 1. The Hall–Kier alpha value is -3.31. The van der Waals surface area contributed by atoms with Gasteiger partial charge in [0.05, 0.1) is 19.3 Å². The van der Waals surface area contributed by atoms with Gasteiger partial charge in [-0.1, -0.05) is 19.4 Å². The van der Waals surface area contributed by atoms with Gasteiger partial charge in [0, 0.05) is 4.88 Å². The zero-order chi connectivity index (χ0) is 23.1. The van der Waals surface area contributed by atoms with Crippen molar-refractivity contribution >= 4 is 34.2 Å². The maximum atomic E-state index is 12.8. The average molecular weight is 454 g/mol. The maximum absolute atomic E-state index is 12.8. The molecule has 8 heteroatoms. The van der Waals surface area contributed by atoms with Crippen molar-refractivity contribution in [1.29, 1.82) is 5.26 Å². The Morgan fingerprint density at radius 1 is 1.28 bits per heavy atom. The van der Waals surface area contributed by atoms with E-state index in [0.717, 1.165) is 49.0 Å². The number of nitrogens with zero attached hydrogens (tertiary/aromatic N) is 1. The number of unbranched alkanes of at least 4 members (excludes halogenated alkanes) is 1. The number of methoxy groups -OCH3 is 1.